The van der Waals surface area contributed by atoms with E-state index in [0.29, 0.717) is 19.6 Å². The van der Waals surface area contributed by atoms with Gasteiger partial charge in [0.1, 0.15) is 5.75 Å². The molecule has 5 heteroatoms. The second-order valence-corrected chi connectivity index (χ2v) is 5.48. The van der Waals surface area contributed by atoms with Crippen molar-refractivity contribution in [1.29, 1.82) is 0 Å². The molecule has 1 aromatic carbocycles. The van der Waals surface area contributed by atoms with E-state index in [1.54, 1.807) is 0 Å². The largest absolute Gasteiger partial charge is 0.491 e. The van der Waals surface area contributed by atoms with Crippen molar-refractivity contribution in [3.8, 4) is 5.75 Å². The van der Waals surface area contributed by atoms with Gasteiger partial charge in [-0.3, -0.25) is 4.90 Å². The second-order valence-electron chi connectivity index (χ2n) is 4.95. The maximum atomic E-state index is 8.98. The van der Waals surface area contributed by atoms with Crippen molar-refractivity contribution in [3.05, 3.63) is 29.8 Å². The topological polar surface area (TPSA) is 52.9 Å². The molecule has 0 fully saturated rings. The van der Waals surface area contributed by atoms with Crippen LogP contribution in [0.3, 0.4) is 0 Å². The van der Waals surface area contributed by atoms with Crippen LogP contribution in [0, 0.1) is 0 Å². The van der Waals surface area contributed by atoms with E-state index >= 15 is 0 Å². The predicted molar refractivity (Wildman–Crippen MR) is 81.4 cm³/mol. The Bertz CT molecular complexity index is 364. The molecule has 0 saturated carbocycles. The first-order valence-corrected chi connectivity index (χ1v) is 7.35. The summed E-state index contributed by atoms with van der Waals surface area (Å²) in [7, 11) is 0. The number of alkyl halides is 1. The van der Waals surface area contributed by atoms with Gasteiger partial charge in [-0.1, -0.05) is 12.1 Å². The van der Waals surface area contributed by atoms with Crippen LogP contribution in [0.15, 0.2) is 24.3 Å². The van der Waals surface area contributed by atoms with E-state index in [0.717, 1.165) is 11.3 Å². The minimum absolute atomic E-state index is 0.0603. The Labute approximate surface area is 125 Å². The maximum absolute atomic E-state index is 8.98. The standard InChI is InChI=1S/C15H24ClNO3/c1-12(2)20-14-5-3-13(4-6-14)15(16)11-17(7-9-18)8-10-19/h3-6,12,15,18-19H,7-11H2,1-2H3. The summed E-state index contributed by atoms with van der Waals surface area (Å²) in [5, 5.41) is 17.8. The van der Waals surface area contributed by atoms with Crippen LogP contribution in [0.2, 0.25) is 0 Å². The van der Waals surface area contributed by atoms with Crippen LogP contribution in [0.25, 0.3) is 0 Å². The number of benzene rings is 1. The Morgan fingerprint density at radius 3 is 2.10 bits per heavy atom. The smallest absolute Gasteiger partial charge is 0.119 e. The number of hydrogen-bond acceptors (Lipinski definition) is 4. The Morgan fingerprint density at radius 1 is 1.10 bits per heavy atom. The highest BCUT2D eigenvalue weighted by Crippen LogP contribution is 2.24. The summed E-state index contributed by atoms with van der Waals surface area (Å²) in [4.78, 5) is 1.94. The number of aliphatic hydroxyl groups excluding tert-OH is 2. The van der Waals surface area contributed by atoms with E-state index in [-0.39, 0.29) is 24.7 Å². The SMILES string of the molecule is CC(C)Oc1ccc(C(Cl)CN(CCO)CCO)cc1. The number of halogens is 1. The van der Waals surface area contributed by atoms with E-state index in [4.69, 9.17) is 26.6 Å². The molecule has 1 aromatic rings. The lowest BCUT2D eigenvalue weighted by Gasteiger charge is -2.23. The van der Waals surface area contributed by atoms with Crippen LogP contribution in [0.5, 0.6) is 5.75 Å². The third-order valence-corrected chi connectivity index (χ3v) is 3.25. The average Bonchev–Trinajstić information content (AvgIpc) is 2.39. The zero-order valence-corrected chi connectivity index (χ0v) is 12.9. The normalized spacial score (nSPS) is 12.9. The monoisotopic (exact) mass is 301 g/mol. The van der Waals surface area contributed by atoms with E-state index in [2.05, 4.69) is 0 Å². The van der Waals surface area contributed by atoms with Crippen molar-refractivity contribution in [3.63, 3.8) is 0 Å². The van der Waals surface area contributed by atoms with Crippen molar-refractivity contribution in [2.24, 2.45) is 0 Å². The fourth-order valence-electron chi connectivity index (χ4n) is 1.94. The van der Waals surface area contributed by atoms with Crippen LogP contribution in [-0.4, -0.2) is 54.1 Å². The Hall–Kier alpha value is -0.810. The molecule has 0 aliphatic heterocycles. The summed E-state index contributed by atoms with van der Waals surface area (Å²) in [6, 6.07) is 7.72. The third kappa shape index (κ3) is 6.09. The van der Waals surface area contributed by atoms with Crippen LogP contribution < -0.4 is 4.74 Å². The van der Waals surface area contributed by atoms with E-state index in [1.807, 2.05) is 43.0 Å². The molecule has 0 bridgehead atoms. The van der Waals surface area contributed by atoms with Gasteiger partial charge in [0, 0.05) is 19.6 Å². The molecule has 114 valence electrons. The van der Waals surface area contributed by atoms with Crippen molar-refractivity contribution in [1.82, 2.24) is 4.90 Å². The average molecular weight is 302 g/mol. The number of ether oxygens (including phenoxy) is 1. The quantitative estimate of drug-likeness (QED) is 0.685. The van der Waals surface area contributed by atoms with E-state index in [9.17, 15) is 0 Å². The first kappa shape index (κ1) is 17.2. The number of nitrogens with zero attached hydrogens (tertiary/aromatic N) is 1. The summed E-state index contributed by atoms with van der Waals surface area (Å²) in [6.45, 7) is 5.71. The Kier molecular flexibility index (Phi) is 7.92. The van der Waals surface area contributed by atoms with Gasteiger partial charge in [0.25, 0.3) is 0 Å². The number of aliphatic hydroxyl groups is 2. The summed E-state index contributed by atoms with van der Waals surface area (Å²) in [5.41, 5.74) is 1.00. The summed E-state index contributed by atoms with van der Waals surface area (Å²) < 4.78 is 5.59. The molecule has 0 aromatic heterocycles. The highest BCUT2D eigenvalue weighted by molar-refractivity contribution is 6.21. The molecule has 0 amide bonds. The molecule has 1 atom stereocenters. The van der Waals surface area contributed by atoms with Gasteiger partial charge in [-0.2, -0.15) is 0 Å². The van der Waals surface area contributed by atoms with Crippen molar-refractivity contribution in [2.75, 3.05) is 32.8 Å². The van der Waals surface area contributed by atoms with Crippen molar-refractivity contribution >= 4 is 11.6 Å². The zero-order valence-electron chi connectivity index (χ0n) is 12.1. The minimum atomic E-state index is -0.179. The summed E-state index contributed by atoms with van der Waals surface area (Å²) in [6.07, 6.45) is 0.150. The van der Waals surface area contributed by atoms with Crippen molar-refractivity contribution < 1.29 is 14.9 Å². The minimum Gasteiger partial charge on any atom is -0.491 e. The van der Waals surface area contributed by atoms with Gasteiger partial charge in [-0.15, -0.1) is 11.6 Å². The number of rotatable bonds is 9. The van der Waals surface area contributed by atoms with Crippen LogP contribution in [-0.2, 0) is 0 Å². The second kappa shape index (κ2) is 9.19. The van der Waals surface area contributed by atoms with Gasteiger partial charge >= 0.3 is 0 Å². The first-order chi connectivity index (χ1) is 9.56. The molecular weight excluding hydrogens is 278 g/mol. The first-order valence-electron chi connectivity index (χ1n) is 6.91. The Morgan fingerprint density at radius 2 is 1.65 bits per heavy atom. The van der Waals surface area contributed by atoms with Gasteiger partial charge in [0.05, 0.1) is 24.7 Å². The van der Waals surface area contributed by atoms with E-state index < -0.39 is 0 Å². The lowest BCUT2D eigenvalue weighted by Crippen LogP contribution is -2.32. The van der Waals surface area contributed by atoms with Crippen molar-refractivity contribution in [2.45, 2.75) is 25.3 Å². The molecular formula is C15H24ClNO3. The fraction of sp³-hybridized carbons (Fsp3) is 0.600. The molecule has 0 aliphatic carbocycles. The highest BCUT2D eigenvalue weighted by Gasteiger charge is 2.13. The molecule has 2 N–H and O–H groups in total. The molecule has 1 rings (SSSR count). The molecule has 0 spiro atoms. The molecule has 1 unspecified atom stereocenters. The van der Waals surface area contributed by atoms with Crippen LogP contribution in [0.4, 0.5) is 0 Å². The van der Waals surface area contributed by atoms with Gasteiger partial charge in [-0.05, 0) is 31.5 Å². The molecule has 20 heavy (non-hydrogen) atoms. The third-order valence-electron chi connectivity index (χ3n) is 2.86. The van der Waals surface area contributed by atoms with Crippen LogP contribution >= 0.6 is 11.6 Å². The lowest BCUT2D eigenvalue weighted by atomic mass is 10.1. The molecule has 0 aliphatic rings. The molecule has 0 saturated heterocycles. The fourth-order valence-corrected chi connectivity index (χ4v) is 2.28. The summed E-state index contributed by atoms with van der Waals surface area (Å²) >= 11 is 6.38. The van der Waals surface area contributed by atoms with Gasteiger partial charge in [0.15, 0.2) is 0 Å². The van der Waals surface area contributed by atoms with Gasteiger partial charge in [-0.25, -0.2) is 0 Å². The molecule has 0 radical (unpaired) electrons. The molecule has 4 nitrogen and oxygen atoms in total. The molecule has 0 heterocycles. The van der Waals surface area contributed by atoms with Gasteiger partial charge in [0.2, 0.25) is 0 Å². The predicted octanol–water partition coefficient (Wildman–Crippen LogP) is 2.04. The van der Waals surface area contributed by atoms with Gasteiger partial charge < -0.3 is 14.9 Å². The highest BCUT2D eigenvalue weighted by atomic mass is 35.5. The lowest BCUT2D eigenvalue weighted by molar-refractivity contribution is 0.161. The van der Waals surface area contributed by atoms with Crippen LogP contribution in [0.1, 0.15) is 24.8 Å². The maximum Gasteiger partial charge on any atom is 0.119 e. The summed E-state index contributed by atoms with van der Waals surface area (Å²) in [5.74, 6) is 0.829. The Balaban J connectivity index is 2.59. The zero-order chi connectivity index (χ0) is 15.0. The number of hydrogen-bond donors (Lipinski definition) is 2. The van der Waals surface area contributed by atoms with E-state index in [1.165, 1.54) is 0 Å².